The van der Waals surface area contributed by atoms with Crippen LogP contribution in [-0.4, -0.2) is 10.8 Å². The van der Waals surface area contributed by atoms with Crippen LogP contribution in [0.5, 0.6) is 0 Å². The van der Waals surface area contributed by atoms with Crippen LogP contribution in [0.15, 0.2) is 24.4 Å². The summed E-state index contributed by atoms with van der Waals surface area (Å²) in [6.07, 6.45) is 5.75. The number of benzene rings is 1. The van der Waals surface area contributed by atoms with E-state index in [2.05, 4.69) is 4.98 Å². The van der Waals surface area contributed by atoms with E-state index in [9.17, 15) is 9.18 Å². The number of nitrogens with one attached hydrogen (secondary N) is 1. The zero-order chi connectivity index (χ0) is 13.4. The first kappa shape index (κ1) is 11.1. The Labute approximate surface area is 116 Å². The Kier molecular flexibility index (Phi) is 1.94. The third-order valence-electron chi connectivity index (χ3n) is 5.95. The van der Waals surface area contributed by atoms with Crippen molar-refractivity contribution in [3.05, 3.63) is 35.8 Å². The normalized spacial score (nSPS) is 37.4. The molecule has 2 bridgehead atoms. The lowest BCUT2D eigenvalue weighted by Crippen LogP contribution is -2.09. The molecule has 1 aromatic carbocycles. The van der Waals surface area contributed by atoms with Crippen molar-refractivity contribution in [2.45, 2.75) is 19.3 Å². The van der Waals surface area contributed by atoms with Crippen LogP contribution in [0.3, 0.4) is 0 Å². The number of Topliss-reactive ketones (excluding diaryl/α,β-unsaturated/α-hetero) is 1. The molecular weight excluding hydrogens is 253 g/mol. The number of H-pyrrole nitrogens is 1. The number of carbonyl (C=O) groups excluding carboxylic acids is 1. The lowest BCUT2D eigenvalue weighted by atomic mass is 9.96. The molecule has 3 fully saturated rings. The van der Waals surface area contributed by atoms with Gasteiger partial charge in [0.15, 0.2) is 5.78 Å². The summed E-state index contributed by atoms with van der Waals surface area (Å²) in [6.45, 7) is 0. The Morgan fingerprint density at radius 1 is 1.20 bits per heavy atom. The topological polar surface area (TPSA) is 32.9 Å². The standard InChI is InChI=1S/C17H16FNO/c18-10-3-4-13-11(6-10)12(7-19-13)17(20)16-14-8-1-2-9(5-8)15(14)16/h3-4,6-9,14-16,19H,1-2,5H2. The molecule has 0 amide bonds. The Balaban J connectivity index is 1.53. The molecule has 5 rings (SSSR count). The van der Waals surface area contributed by atoms with E-state index in [1.807, 2.05) is 0 Å². The fourth-order valence-corrected chi connectivity index (χ4v) is 5.15. The molecule has 0 spiro atoms. The van der Waals surface area contributed by atoms with Gasteiger partial charge in [-0.2, -0.15) is 0 Å². The van der Waals surface area contributed by atoms with E-state index >= 15 is 0 Å². The second-order valence-electron chi connectivity index (χ2n) is 6.77. The zero-order valence-corrected chi connectivity index (χ0v) is 11.1. The first-order chi connectivity index (χ1) is 9.74. The maximum atomic E-state index is 13.4. The lowest BCUT2D eigenvalue weighted by Gasteiger charge is -2.07. The molecule has 4 unspecified atom stereocenters. The maximum absolute atomic E-state index is 13.4. The van der Waals surface area contributed by atoms with Crippen molar-refractivity contribution < 1.29 is 9.18 Å². The molecule has 0 saturated heterocycles. The molecule has 0 radical (unpaired) electrons. The van der Waals surface area contributed by atoms with Crippen LogP contribution >= 0.6 is 0 Å². The highest BCUT2D eigenvalue weighted by molar-refractivity contribution is 6.10. The second-order valence-corrected chi connectivity index (χ2v) is 6.77. The largest absolute Gasteiger partial charge is 0.360 e. The minimum absolute atomic E-state index is 0.225. The Hall–Kier alpha value is -1.64. The Morgan fingerprint density at radius 2 is 1.95 bits per heavy atom. The highest BCUT2D eigenvalue weighted by Gasteiger charge is 2.67. The molecule has 1 heterocycles. The first-order valence-electron chi connectivity index (χ1n) is 7.55. The number of halogens is 1. The van der Waals surface area contributed by atoms with Gasteiger partial charge in [0, 0.05) is 28.6 Å². The van der Waals surface area contributed by atoms with Crippen molar-refractivity contribution in [1.82, 2.24) is 4.98 Å². The number of hydrogen-bond donors (Lipinski definition) is 1. The third-order valence-corrected chi connectivity index (χ3v) is 5.95. The number of fused-ring (bicyclic) bond motifs is 6. The monoisotopic (exact) mass is 269 g/mol. The van der Waals surface area contributed by atoms with Crippen LogP contribution in [0.4, 0.5) is 4.39 Å². The molecular formula is C17H16FNO. The van der Waals surface area contributed by atoms with E-state index in [4.69, 9.17) is 0 Å². The van der Waals surface area contributed by atoms with Gasteiger partial charge in [0.05, 0.1) is 0 Å². The molecule has 0 aliphatic heterocycles. The predicted octanol–water partition coefficient (Wildman–Crippen LogP) is 3.78. The second kappa shape index (κ2) is 3.51. The van der Waals surface area contributed by atoms with Crippen molar-refractivity contribution in [2.75, 3.05) is 0 Å². The molecule has 3 aliphatic rings. The van der Waals surface area contributed by atoms with Gasteiger partial charge in [-0.1, -0.05) is 0 Å². The fourth-order valence-electron chi connectivity index (χ4n) is 5.15. The number of aromatic amines is 1. The molecule has 2 nitrogen and oxygen atoms in total. The van der Waals surface area contributed by atoms with Crippen LogP contribution in [0.25, 0.3) is 10.9 Å². The molecule has 3 aliphatic carbocycles. The number of rotatable bonds is 2. The van der Waals surface area contributed by atoms with Crippen molar-refractivity contribution in [1.29, 1.82) is 0 Å². The van der Waals surface area contributed by atoms with Gasteiger partial charge in [-0.05, 0) is 61.1 Å². The maximum Gasteiger partial charge on any atom is 0.168 e. The number of carbonyl (C=O) groups is 1. The number of hydrogen-bond acceptors (Lipinski definition) is 1. The van der Waals surface area contributed by atoms with Crippen molar-refractivity contribution in [3.63, 3.8) is 0 Å². The quantitative estimate of drug-likeness (QED) is 0.827. The molecule has 2 aromatic rings. The summed E-state index contributed by atoms with van der Waals surface area (Å²) in [6, 6.07) is 4.61. The van der Waals surface area contributed by atoms with E-state index in [0.717, 1.165) is 22.7 Å². The molecule has 102 valence electrons. The average Bonchev–Trinajstić information content (AvgIpc) is 2.80. The van der Waals surface area contributed by atoms with E-state index in [0.29, 0.717) is 17.4 Å². The molecule has 20 heavy (non-hydrogen) atoms. The van der Waals surface area contributed by atoms with Crippen molar-refractivity contribution in [3.8, 4) is 0 Å². The van der Waals surface area contributed by atoms with Crippen LogP contribution < -0.4 is 0 Å². The molecule has 3 saturated carbocycles. The zero-order valence-electron chi connectivity index (χ0n) is 11.1. The highest BCUT2D eigenvalue weighted by Crippen LogP contribution is 2.70. The molecule has 1 N–H and O–H groups in total. The van der Waals surface area contributed by atoms with Gasteiger partial charge in [0.2, 0.25) is 0 Å². The van der Waals surface area contributed by atoms with Crippen LogP contribution in [0.1, 0.15) is 29.6 Å². The first-order valence-corrected chi connectivity index (χ1v) is 7.55. The predicted molar refractivity (Wildman–Crippen MR) is 73.9 cm³/mol. The van der Waals surface area contributed by atoms with Gasteiger partial charge in [-0.3, -0.25) is 4.79 Å². The van der Waals surface area contributed by atoms with Gasteiger partial charge in [-0.15, -0.1) is 0 Å². The average molecular weight is 269 g/mol. The summed E-state index contributed by atoms with van der Waals surface area (Å²) in [5.41, 5.74) is 1.54. The number of aromatic nitrogens is 1. The van der Waals surface area contributed by atoms with Gasteiger partial charge >= 0.3 is 0 Å². The lowest BCUT2D eigenvalue weighted by molar-refractivity contribution is 0.0946. The van der Waals surface area contributed by atoms with E-state index in [1.54, 1.807) is 12.3 Å². The fraction of sp³-hybridized carbons (Fsp3) is 0.471. The third kappa shape index (κ3) is 1.26. The number of ketones is 1. The van der Waals surface area contributed by atoms with Gasteiger partial charge in [0.1, 0.15) is 5.82 Å². The summed E-state index contributed by atoms with van der Waals surface area (Å²) in [5, 5.41) is 0.743. The van der Waals surface area contributed by atoms with Gasteiger partial charge in [-0.25, -0.2) is 4.39 Å². The Bertz CT molecular complexity index is 718. The summed E-state index contributed by atoms with van der Waals surface area (Å²) < 4.78 is 13.4. The molecule has 4 atom stereocenters. The summed E-state index contributed by atoms with van der Waals surface area (Å²) in [5.74, 6) is 3.06. The summed E-state index contributed by atoms with van der Waals surface area (Å²) in [7, 11) is 0. The van der Waals surface area contributed by atoms with Crippen LogP contribution in [0, 0.1) is 35.4 Å². The van der Waals surface area contributed by atoms with E-state index in [-0.39, 0.29) is 17.5 Å². The molecule has 1 aromatic heterocycles. The smallest absolute Gasteiger partial charge is 0.168 e. The Morgan fingerprint density at radius 3 is 2.70 bits per heavy atom. The van der Waals surface area contributed by atoms with E-state index < -0.39 is 0 Å². The van der Waals surface area contributed by atoms with Crippen molar-refractivity contribution in [2.24, 2.45) is 29.6 Å². The van der Waals surface area contributed by atoms with Gasteiger partial charge in [0.25, 0.3) is 0 Å². The minimum atomic E-state index is -0.276. The van der Waals surface area contributed by atoms with Gasteiger partial charge < -0.3 is 4.98 Å². The van der Waals surface area contributed by atoms with Crippen LogP contribution in [0.2, 0.25) is 0 Å². The minimum Gasteiger partial charge on any atom is -0.360 e. The summed E-state index contributed by atoms with van der Waals surface area (Å²) in [4.78, 5) is 15.9. The van der Waals surface area contributed by atoms with Crippen molar-refractivity contribution >= 4 is 16.7 Å². The molecule has 3 heteroatoms. The summed E-state index contributed by atoms with van der Waals surface area (Å²) >= 11 is 0. The highest BCUT2D eigenvalue weighted by atomic mass is 19.1. The van der Waals surface area contributed by atoms with E-state index in [1.165, 1.54) is 31.4 Å². The SMILES string of the molecule is O=C(c1c[nH]c2ccc(F)cc12)C1C2C3CCC(C3)C12. The van der Waals surface area contributed by atoms with Crippen LogP contribution in [-0.2, 0) is 0 Å².